The number of rotatable bonds is 4. The third-order valence-electron chi connectivity index (χ3n) is 3.36. The molecule has 2 nitrogen and oxygen atoms in total. The molecule has 3 atom stereocenters. The van der Waals surface area contributed by atoms with Crippen molar-refractivity contribution in [1.82, 2.24) is 0 Å². The number of hydrogen-bond acceptors (Lipinski definition) is 3. The highest BCUT2D eigenvalue weighted by Gasteiger charge is 2.28. The highest BCUT2D eigenvalue weighted by Crippen LogP contribution is 2.36. The van der Waals surface area contributed by atoms with Gasteiger partial charge in [0.2, 0.25) is 0 Å². The van der Waals surface area contributed by atoms with Gasteiger partial charge in [-0.3, -0.25) is 0 Å². The second kappa shape index (κ2) is 5.78. The van der Waals surface area contributed by atoms with Crippen molar-refractivity contribution in [3.8, 4) is 5.75 Å². The van der Waals surface area contributed by atoms with Crippen molar-refractivity contribution in [2.24, 2.45) is 11.7 Å². The first-order chi connectivity index (χ1) is 8.22. The minimum atomic E-state index is 0.135. The average molecular weight is 251 g/mol. The highest BCUT2D eigenvalue weighted by atomic mass is 32.2. The molecule has 1 aromatic rings. The van der Waals surface area contributed by atoms with Crippen LogP contribution in [-0.4, -0.2) is 17.9 Å². The van der Waals surface area contributed by atoms with E-state index in [0.29, 0.717) is 5.92 Å². The molecule has 0 saturated carbocycles. The van der Waals surface area contributed by atoms with Crippen LogP contribution in [0.2, 0.25) is 0 Å². The summed E-state index contributed by atoms with van der Waals surface area (Å²) >= 11 is 1.86. The predicted octanol–water partition coefficient (Wildman–Crippen LogP) is 3.30. The lowest BCUT2D eigenvalue weighted by Crippen LogP contribution is -2.46. The second-order valence-corrected chi connectivity index (χ2v) is 5.82. The summed E-state index contributed by atoms with van der Waals surface area (Å²) < 4.78 is 6.02. The summed E-state index contributed by atoms with van der Waals surface area (Å²) in [6, 6.07) is 8.34. The minimum Gasteiger partial charge on any atom is -0.487 e. The molecule has 2 rings (SSSR count). The Balaban J connectivity index is 2.02. The molecular weight excluding hydrogens is 230 g/mol. The zero-order valence-electron chi connectivity index (χ0n) is 10.6. The van der Waals surface area contributed by atoms with Crippen molar-refractivity contribution in [3.63, 3.8) is 0 Å². The SMILES string of the molecule is CCCC(C)C(N)C1CSc2ccccc2O1. The summed E-state index contributed by atoms with van der Waals surface area (Å²) in [5.41, 5.74) is 6.30. The summed E-state index contributed by atoms with van der Waals surface area (Å²) in [4.78, 5) is 1.24. The molecule has 17 heavy (non-hydrogen) atoms. The molecule has 1 aliphatic rings. The van der Waals surface area contributed by atoms with E-state index < -0.39 is 0 Å². The minimum absolute atomic E-state index is 0.135. The van der Waals surface area contributed by atoms with E-state index in [2.05, 4.69) is 26.0 Å². The molecule has 3 unspecified atom stereocenters. The van der Waals surface area contributed by atoms with E-state index in [1.807, 2.05) is 23.9 Å². The van der Waals surface area contributed by atoms with Crippen LogP contribution in [0.3, 0.4) is 0 Å². The Labute approximate surface area is 108 Å². The summed E-state index contributed by atoms with van der Waals surface area (Å²) in [5.74, 6) is 2.48. The molecule has 2 N–H and O–H groups in total. The van der Waals surface area contributed by atoms with Crippen LogP contribution in [0.25, 0.3) is 0 Å². The molecule has 94 valence electrons. The summed E-state index contributed by atoms with van der Waals surface area (Å²) in [6.45, 7) is 4.43. The van der Waals surface area contributed by atoms with Crippen molar-refractivity contribution in [2.45, 2.75) is 43.7 Å². The molecule has 0 aliphatic carbocycles. The topological polar surface area (TPSA) is 35.2 Å². The maximum atomic E-state index is 6.30. The fraction of sp³-hybridized carbons (Fsp3) is 0.571. The first kappa shape index (κ1) is 12.8. The zero-order chi connectivity index (χ0) is 12.3. The summed E-state index contributed by atoms with van der Waals surface area (Å²) in [6.07, 6.45) is 2.51. The smallest absolute Gasteiger partial charge is 0.133 e. The zero-order valence-corrected chi connectivity index (χ0v) is 11.4. The molecule has 1 heterocycles. The highest BCUT2D eigenvalue weighted by molar-refractivity contribution is 7.99. The van der Waals surface area contributed by atoms with Gasteiger partial charge in [0.15, 0.2) is 0 Å². The van der Waals surface area contributed by atoms with Crippen LogP contribution in [0, 0.1) is 5.92 Å². The number of benzene rings is 1. The van der Waals surface area contributed by atoms with E-state index >= 15 is 0 Å². The quantitative estimate of drug-likeness (QED) is 0.891. The van der Waals surface area contributed by atoms with Gasteiger partial charge in [-0.15, -0.1) is 11.8 Å². The Bertz CT molecular complexity index is 369. The number of fused-ring (bicyclic) bond motifs is 1. The molecular formula is C14H21NOS. The molecule has 0 spiro atoms. The fourth-order valence-corrected chi connectivity index (χ4v) is 3.31. The lowest BCUT2D eigenvalue weighted by Gasteiger charge is -2.32. The van der Waals surface area contributed by atoms with Crippen LogP contribution in [-0.2, 0) is 0 Å². The predicted molar refractivity (Wildman–Crippen MR) is 73.6 cm³/mol. The maximum absolute atomic E-state index is 6.30. The molecule has 1 aromatic carbocycles. The van der Waals surface area contributed by atoms with E-state index in [4.69, 9.17) is 10.5 Å². The van der Waals surface area contributed by atoms with Crippen LogP contribution in [0.1, 0.15) is 26.7 Å². The first-order valence-corrected chi connectivity index (χ1v) is 7.35. The summed E-state index contributed by atoms with van der Waals surface area (Å²) in [7, 11) is 0. The molecule has 0 fully saturated rings. The first-order valence-electron chi connectivity index (χ1n) is 6.36. The number of para-hydroxylation sites is 1. The third-order valence-corrected chi connectivity index (χ3v) is 4.50. The van der Waals surface area contributed by atoms with E-state index in [0.717, 1.165) is 11.5 Å². The molecule has 0 amide bonds. The van der Waals surface area contributed by atoms with Crippen LogP contribution in [0.15, 0.2) is 29.2 Å². The van der Waals surface area contributed by atoms with Crippen molar-refractivity contribution in [2.75, 3.05) is 5.75 Å². The summed E-state index contributed by atoms with van der Waals surface area (Å²) in [5, 5.41) is 0. The number of hydrogen-bond donors (Lipinski definition) is 1. The van der Waals surface area contributed by atoms with E-state index in [-0.39, 0.29) is 12.1 Å². The van der Waals surface area contributed by atoms with Gasteiger partial charge in [-0.05, 0) is 24.5 Å². The molecule has 3 heteroatoms. The molecule has 0 saturated heterocycles. The number of thioether (sulfide) groups is 1. The lowest BCUT2D eigenvalue weighted by molar-refractivity contribution is 0.155. The maximum Gasteiger partial charge on any atom is 0.133 e. The molecule has 0 radical (unpaired) electrons. The van der Waals surface area contributed by atoms with E-state index in [1.165, 1.54) is 17.7 Å². The Morgan fingerprint density at radius 2 is 2.24 bits per heavy atom. The van der Waals surface area contributed by atoms with Crippen LogP contribution < -0.4 is 10.5 Å². The van der Waals surface area contributed by atoms with E-state index in [9.17, 15) is 0 Å². The van der Waals surface area contributed by atoms with Gasteiger partial charge < -0.3 is 10.5 Å². The van der Waals surface area contributed by atoms with Gasteiger partial charge in [0.05, 0.1) is 0 Å². The fourth-order valence-electron chi connectivity index (χ4n) is 2.24. The second-order valence-electron chi connectivity index (χ2n) is 4.76. The Kier molecular flexibility index (Phi) is 4.35. The standard InChI is InChI=1S/C14H21NOS/c1-3-6-10(2)14(15)12-9-17-13-8-5-4-7-11(13)16-12/h4-5,7-8,10,12,14H,3,6,9,15H2,1-2H3. The number of ether oxygens (including phenoxy) is 1. The van der Waals surface area contributed by atoms with Gasteiger partial charge in [0, 0.05) is 16.7 Å². The van der Waals surface area contributed by atoms with Gasteiger partial charge in [0.1, 0.15) is 11.9 Å². The molecule has 1 aliphatic heterocycles. The van der Waals surface area contributed by atoms with Gasteiger partial charge in [0.25, 0.3) is 0 Å². The van der Waals surface area contributed by atoms with Gasteiger partial charge in [-0.2, -0.15) is 0 Å². The van der Waals surface area contributed by atoms with Crippen molar-refractivity contribution < 1.29 is 4.74 Å². The average Bonchev–Trinajstić information content (AvgIpc) is 2.37. The van der Waals surface area contributed by atoms with Crippen molar-refractivity contribution in [3.05, 3.63) is 24.3 Å². The lowest BCUT2D eigenvalue weighted by atomic mass is 9.94. The monoisotopic (exact) mass is 251 g/mol. The molecule has 0 aromatic heterocycles. The Hall–Kier alpha value is -0.670. The van der Waals surface area contributed by atoms with Crippen molar-refractivity contribution >= 4 is 11.8 Å². The van der Waals surface area contributed by atoms with Crippen LogP contribution >= 0.6 is 11.8 Å². The Morgan fingerprint density at radius 1 is 1.47 bits per heavy atom. The normalized spacial score (nSPS) is 22.4. The van der Waals surface area contributed by atoms with Gasteiger partial charge in [-0.1, -0.05) is 32.4 Å². The van der Waals surface area contributed by atoms with Gasteiger partial charge >= 0.3 is 0 Å². The largest absolute Gasteiger partial charge is 0.487 e. The van der Waals surface area contributed by atoms with Crippen molar-refractivity contribution in [1.29, 1.82) is 0 Å². The van der Waals surface area contributed by atoms with E-state index in [1.54, 1.807) is 0 Å². The third kappa shape index (κ3) is 2.96. The van der Waals surface area contributed by atoms with Gasteiger partial charge in [-0.25, -0.2) is 0 Å². The van der Waals surface area contributed by atoms with Crippen LogP contribution in [0.5, 0.6) is 5.75 Å². The van der Waals surface area contributed by atoms with Crippen LogP contribution in [0.4, 0.5) is 0 Å². The number of nitrogens with two attached hydrogens (primary N) is 1. The molecule has 0 bridgehead atoms. The Morgan fingerprint density at radius 3 is 3.00 bits per heavy atom.